The molecule has 0 radical (unpaired) electrons. The first-order chi connectivity index (χ1) is 14.1. The average molecular weight is 419 g/mol. The minimum atomic E-state index is -0.194. The largest absolute Gasteiger partial charge is 0.395 e. The van der Waals surface area contributed by atoms with Crippen LogP contribution in [0.15, 0.2) is 4.79 Å². The van der Waals surface area contributed by atoms with Crippen LogP contribution in [0, 0.1) is 11.8 Å². The summed E-state index contributed by atoms with van der Waals surface area (Å²) in [5.41, 5.74) is 1.77. The number of fused-ring (bicyclic) bond motifs is 1. The Kier molecular flexibility index (Phi) is 6.87. The Morgan fingerprint density at radius 2 is 1.93 bits per heavy atom. The van der Waals surface area contributed by atoms with Gasteiger partial charge in [0.2, 0.25) is 5.95 Å². The van der Waals surface area contributed by atoms with Gasteiger partial charge in [-0.15, -0.1) is 0 Å². The van der Waals surface area contributed by atoms with Gasteiger partial charge in [0.15, 0.2) is 5.52 Å². The molecule has 3 heterocycles. The second-order valence-corrected chi connectivity index (χ2v) is 10.1. The van der Waals surface area contributed by atoms with Crippen molar-refractivity contribution < 1.29 is 5.11 Å². The molecule has 30 heavy (non-hydrogen) atoms. The summed E-state index contributed by atoms with van der Waals surface area (Å²) in [6.07, 6.45) is 2.20. The first kappa shape index (κ1) is 22.7. The SMILES string of the molecule is CC(C)CN(CC1CCN(CCO)CC1)c1nc2c(C(C)(C)C)nn(C)c2c(=O)[nH]1. The van der Waals surface area contributed by atoms with E-state index in [0.717, 1.165) is 51.3 Å². The van der Waals surface area contributed by atoms with Crippen LogP contribution in [0.3, 0.4) is 0 Å². The minimum Gasteiger partial charge on any atom is -0.395 e. The molecule has 1 saturated heterocycles. The molecule has 3 rings (SSSR count). The lowest BCUT2D eigenvalue weighted by Gasteiger charge is -2.35. The third-order valence-corrected chi connectivity index (χ3v) is 5.88. The molecule has 0 aromatic carbocycles. The number of aliphatic hydroxyl groups is 1. The molecule has 2 N–H and O–H groups in total. The Morgan fingerprint density at radius 1 is 1.27 bits per heavy atom. The van der Waals surface area contributed by atoms with E-state index < -0.39 is 0 Å². The van der Waals surface area contributed by atoms with Crippen LogP contribution in [0.2, 0.25) is 0 Å². The smallest absolute Gasteiger partial charge is 0.278 e. The van der Waals surface area contributed by atoms with Gasteiger partial charge in [0.1, 0.15) is 5.52 Å². The molecule has 8 nitrogen and oxygen atoms in total. The molecule has 8 heteroatoms. The summed E-state index contributed by atoms with van der Waals surface area (Å²) in [4.78, 5) is 25.5. The molecule has 0 bridgehead atoms. The number of piperidine rings is 1. The van der Waals surface area contributed by atoms with Gasteiger partial charge in [0.25, 0.3) is 5.56 Å². The molecule has 1 aliphatic rings. The van der Waals surface area contributed by atoms with Gasteiger partial charge >= 0.3 is 0 Å². The fourth-order valence-corrected chi connectivity index (χ4v) is 4.36. The lowest BCUT2D eigenvalue weighted by atomic mass is 9.91. The zero-order valence-corrected chi connectivity index (χ0v) is 19.4. The summed E-state index contributed by atoms with van der Waals surface area (Å²) >= 11 is 0. The minimum absolute atomic E-state index is 0.132. The Bertz CT molecular complexity index is 903. The number of nitrogens with one attached hydrogen (secondary N) is 1. The van der Waals surface area contributed by atoms with E-state index in [9.17, 15) is 9.90 Å². The number of aromatic amines is 1. The van der Waals surface area contributed by atoms with Crippen molar-refractivity contribution in [1.29, 1.82) is 0 Å². The van der Waals surface area contributed by atoms with Crippen molar-refractivity contribution >= 4 is 17.0 Å². The lowest BCUT2D eigenvalue weighted by Crippen LogP contribution is -2.41. The van der Waals surface area contributed by atoms with Crippen molar-refractivity contribution in [3.05, 3.63) is 16.0 Å². The van der Waals surface area contributed by atoms with Gasteiger partial charge in [-0.3, -0.25) is 14.5 Å². The molecular formula is C22H38N6O2. The molecule has 0 atom stereocenters. The van der Waals surface area contributed by atoms with E-state index >= 15 is 0 Å². The van der Waals surface area contributed by atoms with Crippen LogP contribution in [-0.2, 0) is 12.5 Å². The molecule has 0 amide bonds. The maximum absolute atomic E-state index is 12.9. The highest BCUT2D eigenvalue weighted by atomic mass is 16.3. The Morgan fingerprint density at radius 3 is 2.50 bits per heavy atom. The number of likely N-dealkylation sites (tertiary alicyclic amines) is 1. The molecule has 1 aliphatic heterocycles. The maximum Gasteiger partial charge on any atom is 0.278 e. The Hall–Kier alpha value is -1.93. The van der Waals surface area contributed by atoms with Crippen molar-refractivity contribution in [2.24, 2.45) is 18.9 Å². The highest BCUT2D eigenvalue weighted by Crippen LogP contribution is 2.28. The zero-order valence-electron chi connectivity index (χ0n) is 19.4. The summed E-state index contributed by atoms with van der Waals surface area (Å²) in [5, 5.41) is 13.8. The van der Waals surface area contributed by atoms with E-state index in [1.54, 1.807) is 11.7 Å². The number of aromatic nitrogens is 4. The number of anilines is 1. The predicted octanol–water partition coefficient (Wildman–Crippen LogP) is 2.12. The highest BCUT2D eigenvalue weighted by molar-refractivity contribution is 5.78. The van der Waals surface area contributed by atoms with E-state index in [1.807, 2.05) is 0 Å². The van der Waals surface area contributed by atoms with Crippen molar-refractivity contribution in [1.82, 2.24) is 24.6 Å². The first-order valence-corrected chi connectivity index (χ1v) is 11.2. The predicted molar refractivity (Wildman–Crippen MR) is 121 cm³/mol. The van der Waals surface area contributed by atoms with Crippen LogP contribution in [0.1, 0.15) is 53.2 Å². The number of aryl methyl sites for hydroxylation is 1. The summed E-state index contributed by atoms with van der Waals surface area (Å²) in [6, 6.07) is 0. The Labute approximate surface area is 179 Å². The number of nitrogens with zero attached hydrogens (tertiary/aromatic N) is 5. The fourth-order valence-electron chi connectivity index (χ4n) is 4.36. The summed E-state index contributed by atoms with van der Waals surface area (Å²) in [5.74, 6) is 1.66. The quantitative estimate of drug-likeness (QED) is 0.716. The number of aliphatic hydroxyl groups excluding tert-OH is 1. The van der Waals surface area contributed by atoms with Gasteiger partial charge in [-0.1, -0.05) is 34.6 Å². The van der Waals surface area contributed by atoms with Crippen molar-refractivity contribution in [2.75, 3.05) is 44.2 Å². The second-order valence-electron chi connectivity index (χ2n) is 10.1. The summed E-state index contributed by atoms with van der Waals surface area (Å²) in [6.45, 7) is 15.4. The summed E-state index contributed by atoms with van der Waals surface area (Å²) < 4.78 is 1.65. The average Bonchev–Trinajstić information content (AvgIpc) is 3.00. The van der Waals surface area contributed by atoms with E-state index in [2.05, 4.69) is 54.5 Å². The molecular weight excluding hydrogens is 380 g/mol. The van der Waals surface area contributed by atoms with Crippen molar-refractivity contribution in [3.8, 4) is 0 Å². The standard InChI is InChI=1S/C22H38N6O2/c1-15(2)13-28(14-16-7-9-27(10-8-16)11-12-29)21-23-17-18(20(30)24-21)26(6)25-19(17)22(3,4)5/h15-16,29H,7-14H2,1-6H3,(H,23,24,30). The number of H-pyrrole nitrogens is 1. The van der Waals surface area contributed by atoms with Gasteiger partial charge in [-0.05, 0) is 37.8 Å². The van der Waals surface area contributed by atoms with Crippen LogP contribution in [0.4, 0.5) is 5.95 Å². The number of hydrogen-bond acceptors (Lipinski definition) is 6. The lowest BCUT2D eigenvalue weighted by molar-refractivity contribution is 0.148. The van der Waals surface area contributed by atoms with Gasteiger partial charge < -0.3 is 14.9 Å². The number of hydrogen-bond donors (Lipinski definition) is 2. The van der Waals surface area contributed by atoms with Crippen LogP contribution >= 0.6 is 0 Å². The van der Waals surface area contributed by atoms with Crippen LogP contribution < -0.4 is 10.5 Å². The van der Waals surface area contributed by atoms with Crippen molar-refractivity contribution in [2.45, 2.75) is 52.9 Å². The molecule has 0 spiro atoms. The second kappa shape index (κ2) is 9.06. The number of β-amino-alcohol motifs (C(OH)–C–C–N with tert-alkyl or cyclic N) is 1. The molecule has 0 saturated carbocycles. The Balaban J connectivity index is 1.91. The van der Waals surface area contributed by atoms with Gasteiger partial charge in [-0.2, -0.15) is 5.10 Å². The fraction of sp³-hybridized carbons (Fsp3) is 0.773. The zero-order chi connectivity index (χ0) is 22.1. The maximum atomic E-state index is 12.9. The van der Waals surface area contributed by atoms with Gasteiger partial charge in [-0.25, -0.2) is 4.98 Å². The van der Waals surface area contributed by atoms with Gasteiger partial charge in [0.05, 0.1) is 12.3 Å². The molecule has 0 unspecified atom stereocenters. The molecule has 2 aromatic rings. The van der Waals surface area contributed by atoms with Crippen LogP contribution in [0.25, 0.3) is 11.0 Å². The van der Waals surface area contributed by atoms with E-state index in [4.69, 9.17) is 4.98 Å². The topological polar surface area (TPSA) is 90.3 Å². The van der Waals surface area contributed by atoms with Gasteiger partial charge in [0, 0.05) is 32.1 Å². The molecule has 2 aromatic heterocycles. The highest BCUT2D eigenvalue weighted by Gasteiger charge is 2.27. The summed E-state index contributed by atoms with van der Waals surface area (Å²) in [7, 11) is 1.81. The first-order valence-electron chi connectivity index (χ1n) is 11.2. The van der Waals surface area contributed by atoms with Crippen LogP contribution in [0.5, 0.6) is 0 Å². The van der Waals surface area contributed by atoms with E-state index in [-0.39, 0.29) is 17.6 Å². The third-order valence-electron chi connectivity index (χ3n) is 5.88. The van der Waals surface area contributed by atoms with E-state index in [1.165, 1.54) is 0 Å². The van der Waals surface area contributed by atoms with Crippen LogP contribution in [-0.4, -0.2) is 69.1 Å². The van der Waals surface area contributed by atoms with E-state index in [0.29, 0.717) is 28.8 Å². The number of rotatable bonds is 7. The molecule has 168 valence electrons. The normalized spacial score (nSPS) is 16.7. The van der Waals surface area contributed by atoms with Crippen molar-refractivity contribution in [3.63, 3.8) is 0 Å². The molecule has 0 aliphatic carbocycles. The molecule has 1 fully saturated rings. The third kappa shape index (κ3) is 5.03. The monoisotopic (exact) mass is 418 g/mol.